The maximum absolute atomic E-state index is 7.59. The molecule has 0 aliphatic rings. The SMILES string of the molecule is [1H][13C@@]([2H])(C)Sc1ccccc1OC.[1H][13C@]([2H])(C)Sc1cccc(OC)c1OC.[1H][13C]([1H])(C)Sc1cc(C(C)C)ccc1OC.[1H][13C]([1H])(C)Sc1ccccc1OC.[1H][13C]([2H])([2H])Sc1cc(C)ccc1OC.[2H][13C]([2H])(C)Sc1ccccc1OC.[2H][13C]([2H])([2H])Sc1cc(OC)ccc1OC. The van der Waals surface area contributed by atoms with Gasteiger partial charge in [-0.05, 0) is 156 Å². The highest BCUT2D eigenvalue weighted by Gasteiger charge is 2.10. The van der Waals surface area contributed by atoms with Gasteiger partial charge in [0.2, 0.25) is 0 Å². The van der Waals surface area contributed by atoms with E-state index < -0.39 is 40.9 Å². The van der Waals surface area contributed by atoms with E-state index in [9.17, 15) is 0 Å². The molecule has 0 unspecified atom stereocenters. The molecular weight excluding hydrogens is 1180 g/mol. The zero-order valence-electron chi connectivity index (χ0n) is 66.5. The Morgan fingerprint density at radius 2 is 0.843 bits per heavy atom. The van der Waals surface area contributed by atoms with E-state index in [1.165, 1.54) is 66.3 Å². The van der Waals surface area contributed by atoms with Gasteiger partial charge in [0.05, 0.1) is 73.8 Å². The van der Waals surface area contributed by atoms with Crippen LogP contribution in [-0.4, -0.2) is 105 Å². The normalized spacial score (nSPS) is 15.0. The zero-order valence-corrected chi connectivity index (χ0v) is 56.2. The molecule has 83 heavy (non-hydrogen) atoms. The predicted octanol–water partition coefficient (Wildman–Crippen LogP) is 20.3. The first kappa shape index (κ1) is 52.5. The molecule has 0 aromatic heterocycles. The third-order valence-electron chi connectivity index (χ3n) is 10.4. The summed E-state index contributed by atoms with van der Waals surface area (Å²) in [6.07, 6.45) is -4.11. The molecule has 0 fully saturated rings. The molecule has 0 saturated carbocycles. The Hall–Kier alpha value is -4.81. The minimum atomic E-state index is -2.08. The summed E-state index contributed by atoms with van der Waals surface area (Å²) in [4.78, 5) is 5.31. The van der Waals surface area contributed by atoms with Crippen molar-refractivity contribution in [3.8, 4) is 51.7 Å². The molecule has 0 spiro atoms. The Kier molecular flexibility index (Phi) is 30.0. The summed E-state index contributed by atoms with van der Waals surface area (Å²) in [5.41, 5.74) is -4.20. The molecule has 9 nitrogen and oxygen atoms in total. The van der Waals surface area contributed by atoms with Crippen molar-refractivity contribution in [1.82, 2.24) is 0 Å². The van der Waals surface area contributed by atoms with Gasteiger partial charge >= 0.3 is 0 Å². The number of para-hydroxylation sites is 4. The van der Waals surface area contributed by atoms with Crippen LogP contribution in [0.4, 0.5) is 0 Å². The fraction of sp³-hybridized carbons (Fsp3) is 0.373. The predicted molar refractivity (Wildman–Crippen MR) is 368 cm³/mol. The summed E-state index contributed by atoms with van der Waals surface area (Å²) in [6.45, 7) is 13.8. The van der Waals surface area contributed by atoms with Crippen molar-refractivity contribution in [3.63, 3.8) is 0 Å². The highest BCUT2D eigenvalue weighted by atomic mass is 32.2. The lowest BCUT2D eigenvalue weighted by molar-refractivity contribution is 0.348. The number of ether oxygens (including phenoxy) is 9. The maximum Gasteiger partial charge on any atom is 0.174 e. The van der Waals surface area contributed by atoms with Crippen LogP contribution in [0.5, 0.6) is 51.7 Å². The van der Waals surface area contributed by atoms with Gasteiger partial charge in [-0.25, -0.2) is 0 Å². The van der Waals surface area contributed by atoms with Crippen molar-refractivity contribution in [1.29, 1.82) is 0 Å². The van der Waals surface area contributed by atoms with Crippen LogP contribution >= 0.6 is 82.3 Å². The topological polar surface area (TPSA) is 83.1 Å². The van der Waals surface area contributed by atoms with E-state index in [4.69, 9.17) is 64.6 Å². The van der Waals surface area contributed by atoms with Crippen molar-refractivity contribution in [2.45, 2.75) is 95.6 Å². The molecular formula is C67H92O9S7. The van der Waals surface area contributed by atoms with Crippen LogP contribution in [0.3, 0.4) is 0 Å². The smallest absolute Gasteiger partial charge is 0.174 e. The number of hydrogen-bond acceptors (Lipinski definition) is 16. The molecule has 0 bridgehead atoms. The van der Waals surface area contributed by atoms with Crippen molar-refractivity contribution in [2.24, 2.45) is 0 Å². The van der Waals surface area contributed by atoms with Crippen LogP contribution in [-0.2, 0) is 0 Å². The highest BCUT2D eigenvalue weighted by molar-refractivity contribution is 8.00. The summed E-state index contributed by atoms with van der Waals surface area (Å²) in [5, 5.41) is 0. The lowest BCUT2D eigenvalue weighted by Gasteiger charge is -2.11. The maximum atomic E-state index is 7.59. The largest absolute Gasteiger partial charge is 0.497 e. The van der Waals surface area contributed by atoms with Crippen LogP contribution in [0.15, 0.2) is 180 Å². The van der Waals surface area contributed by atoms with E-state index >= 15 is 0 Å². The Labute approximate surface area is 552 Å². The molecule has 0 aliphatic heterocycles. The Bertz CT molecular complexity index is 3310. The fourth-order valence-electron chi connectivity index (χ4n) is 6.46. The molecule has 0 heterocycles. The first-order chi connectivity index (χ1) is 45.8. The van der Waals surface area contributed by atoms with Gasteiger partial charge in [0.15, 0.2) is 11.5 Å². The van der Waals surface area contributed by atoms with Gasteiger partial charge in [-0.15, -0.1) is 82.3 Å². The van der Waals surface area contributed by atoms with Crippen LogP contribution in [0.1, 0.15) is 87.4 Å². The first-order valence-electron chi connectivity index (χ1n) is 33.3. The quantitative estimate of drug-likeness (QED) is 0.0476. The van der Waals surface area contributed by atoms with E-state index in [1.54, 1.807) is 79.9 Å². The Morgan fingerprint density at radius 1 is 0.422 bits per heavy atom. The van der Waals surface area contributed by atoms with Gasteiger partial charge in [0, 0.05) is 46.4 Å². The van der Waals surface area contributed by atoms with E-state index in [0.29, 0.717) is 44.5 Å². The van der Waals surface area contributed by atoms with Crippen LogP contribution < -0.4 is 42.6 Å². The van der Waals surface area contributed by atoms with Gasteiger partial charge in [-0.2, -0.15) is 0 Å². The molecule has 16 heteroatoms. The molecule has 0 saturated heterocycles. The number of aryl methyl sites for hydroxylation is 1. The molecule has 7 aromatic rings. The van der Waals surface area contributed by atoms with Crippen molar-refractivity contribution in [2.75, 3.05) is 105 Å². The van der Waals surface area contributed by atoms with Crippen LogP contribution in [0, 0.1) is 6.92 Å². The molecule has 0 amide bonds. The molecule has 7 rings (SSSR count). The number of thioether (sulfide) groups is 7. The van der Waals surface area contributed by atoms with E-state index in [1.807, 2.05) is 122 Å². The van der Waals surface area contributed by atoms with Crippen molar-refractivity contribution >= 4 is 82.3 Å². The molecule has 0 N–H and O–H groups in total. The summed E-state index contributed by atoms with van der Waals surface area (Å²) in [7, 11) is 14.1. The second kappa shape index (κ2) is 47.4. The molecule has 0 aliphatic carbocycles. The van der Waals surface area contributed by atoms with E-state index in [2.05, 4.69) is 13.8 Å². The fourth-order valence-corrected chi connectivity index (χ4v) is 10.5. The van der Waals surface area contributed by atoms with Crippen molar-refractivity contribution < 1.29 is 64.6 Å². The monoisotopic (exact) mass is 1280 g/mol. The molecule has 2 atom stereocenters. The number of methoxy groups -OCH3 is 9. The lowest BCUT2D eigenvalue weighted by atomic mass is 10.0. The van der Waals surface area contributed by atoms with Crippen LogP contribution in [0.2, 0.25) is 0 Å². The Balaban J connectivity index is 0.000000578. The summed E-state index contributed by atoms with van der Waals surface area (Å²) < 4.78 is 164. The summed E-state index contributed by atoms with van der Waals surface area (Å²) in [6, 6.07) is 44.2. The third-order valence-corrected chi connectivity index (χ3v) is 15.2. The first-order valence-corrected chi connectivity index (χ1v) is 31.0. The van der Waals surface area contributed by atoms with Gasteiger partial charge in [0.25, 0.3) is 0 Å². The van der Waals surface area contributed by atoms with Gasteiger partial charge in [0.1, 0.15) is 40.2 Å². The number of benzene rings is 7. The second-order valence-electron chi connectivity index (χ2n) is 15.9. The molecule has 7 aromatic carbocycles. The van der Waals surface area contributed by atoms with Crippen LogP contribution in [0.25, 0.3) is 0 Å². The third kappa shape index (κ3) is 29.2. The number of rotatable bonds is 22. The van der Waals surface area contributed by atoms with Gasteiger partial charge < -0.3 is 42.6 Å². The summed E-state index contributed by atoms with van der Waals surface area (Å²) in [5.74, 6) is 6.29. The molecule has 456 valence electrons. The number of hydrogen-bond donors (Lipinski definition) is 0. The molecule has 0 radical (unpaired) electrons. The van der Waals surface area contributed by atoms with Gasteiger partial charge in [-0.3, -0.25) is 0 Å². The van der Waals surface area contributed by atoms with Gasteiger partial charge in [-0.1, -0.05) is 103 Å². The minimum Gasteiger partial charge on any atom is -0.497 e. The zero-order chi connectivity index (χ0) is 75.8. The average Bonchev–Trinajstić information content (AvgIpc) is 0.901. The van der Waals surface area contributed by atoms with E-state index in [0.717, 1.165) is 124 Å². The lowest BCUT2D eigenvalue weighted by Crippen LogP contribution is -1.92. The van der Waals surface area contributed by atoms with E-state index in [-0.39, 0.29) is 0 Å². The standard InChI is InChI=1S/C12H18OS.C10H14O2S.C9H12O2S.4C9H12OS/c1-5-14-12-8-10(9(2)3)6-7-11(12)13-4;1-4-13-9-7-5-6-8(11-2)10(9)12-3;1-10-7-4-5-8(11-2)9(6-7)12-3;1-7-4-5-8(10-2)9(6-7)11-3;3*1-3-11-9-7-5-4-6-8(9)10-2/h6-9H,5H2,1-4H3;5-7H,4H2,1-3H3;4-6H,1-3H3;4-6H,1-3H3;3*4-7H,3H2,1-2H3/i5+1H2;4+1DH;3+1D3;3+1D2H;3+1D2;3+1DH;3+1H2/t;4-;;;;3-;/m.0...1./s1. The average molecular weight is 1280 g/mol. The highest BCUT2D eigenvalue weighted by Crippen LogP contribution is 2.38. The van der Waals surface area contributed by atoms with Crippen molar-refractivity contribution in [3.05, 3.63) is 157 Å². The second-order valence-corrected chi connectivity index (χ2v) is 22.5. The summed E-state index contributed by atoms with van der Waals surface area (Å²) >= 11 is 7.40. The Morgan fingerprint density at radius 3 is 1.30 bits per heavy atom. The minimum absolute atomic E-state index is 0.438.